The molecule has 0 atom stereocenters. The Kier molecular flexibility index (Phi) is 5.07. The normalized spacial score (nSPS) is 24.2. The van der Waals surface area contributed by atoms with Crippen molar-refractivity contribution < 1.29 is 13.2 Å². The van der Waals surface area contributed by atoms with Crippen LogP contribution in [0.3, 0.4) is 0 Å². The first-order valence-electron chi connectivity index (χ1n) is 7.39. The van der Waals surface area contributed by atoms with Crippen molar-refractivity contribution in [3.8, 4) is 0 Å². The van der Waals surface area contributed by atoms with Crippen LogP contribution < -0.4 is 5.32 Å². The van der Waals surface area contributed by atoms with Crippen molar-refractivity contribution in [3.63, 3.8) is 0 Å². The van der Waals surface area contributed by atoms with E-state index in [1.165, 1.54) is 17.1 Å². The van der Waals surface area contributed by atoms with E-state index in [9.17, 15) is 8.42 Å². The van der Waals surface area contributed by atoms with Crippen LogP contribution in [0.4, 0.5) is 0 Å². The van der Waals surface area contributed by atoms with Crippen molar-refractivity contribution >= 4 is 10.2 Å². The first-order chi connectivity index (χ1) is 9.34. The molecule has 1 aliphatic heterocycles. The molecule has 20 heavy (non-hydrogen) atoms. The standard InChI is InChI=1S/C13H27N3O3S/c1-13(2)11-19-10-9-16(13)20(17,18)15(3)8-4-7-14-12-5-6-12/h12,14H,4-11H2,1-3H3. The molecule has 0 aromatic heterocycles. The van der Waals surface area contributed by atoms with Gasteiger partial charge in [0, 0.05) is 26.2 Å². The van der Waals surface area contributed by atoms with E-state index >= 15 is 0 Å². The van der Waals surface area contributed by atoms with E-state index in [0.29, 0.717) is 32.3 Å². The van der Waals surface area contributed by atoms with Crippen LogP contribution in [0.5, 0.6) is 0 Å². The van der Waals surface area contributed by atoms with Crippen LogP contribution in [0.2, 0.25) is 0 Å². The van der Waals surface area contributed by atoms with E-state index < -0.39 is 15.7 Å². The lowest BCUT2D eigenvalue weighted by molar-refractivity contribution is -0.0102. The minimum Gasteiger partial charge on any atom is -0.378 e. The van der Waals surface area contributed by atoms with E-state index in [4.69, 9.17) is 4.74 Å². The third-order valence-electron chi connectivity index (χ3n) is 3.90. The highest BCUT2D eigenvalue weighted by atomic mass is 32.2. The van der Waals surface area contributed by atoms with Gasteiger partial charge in [0.25, 0.3) is 10.2 Å². The molecule has 0 unspecified atom stereocenters. The molecule has 0 aromatic rings. The SMILES string of the molecule is CN(CCCNC1CC1)S(=O)(=O)N1CCOCC1(C)C. The van der Waals surface area contributed by atoms with Gasteiger partial charge in [-0.15, -0.1) is 0 Å². The molecular weight excluding hydrogens is 278 g/mol. The summed E-state index contributed by atoms with van der Waals surface area (Å²) < 4.78 is 33.7. The number of rotatable bonds is 7. The second-order valence-corrected chi connectivity index (χ2v) is 8.31. The fourth-order valence-electron chi connectivity index (χ4n) is 2.45. The largest absolute Gasteiger partial charge is 0.378 e. The topological polar surface area (TPSA) is 61.9 Å². The van der Waals surface area contributed by atoms with Crippen LogP contribution in [0.25, 0.3) is 0 Å². The van der Waals surface area contributed by atoms with Gasteiger partial charge in [0.05, 0.1) is 18.8 Å². The molecule has 2 fully saturated rings. The van der Waals surface area contributed by atoms with Crippen LogP contribution in [-0.4, -0.2) is 68.5 Å². The van der Waals surface area contributed by atoms with Crippen LogP contribution in [0.1, 0.15) is 33.1 Å². The summed E-state index contributed by atoms with van der Waals surface area (Å²) in [6.07, 6.45) is 3.36. The number of hydrogen-bond donors (Lipinski definition) is 1. The molecular formula is C13H27N3O3S. The molecule has 2 rings (SSSR count). The molecule has 1 heterocycles. The number of hydrogen-bond acceptors (Lipinski definition) is 4. The summed E-state index contributed by atoms with van der Waals surface area (Å²) in [4.78, 5) is 0. The zero-order valence-corrected chi connectivity index (χ0v) is 13.6. The zero-order chi connectivity index (χ0) is 14.8. The average molecular weight is 305 g/mol. The van der Waals surface area contributed by atoms with Gasteiger partial charge in [0.2, 0.25) is 0 Å². The molecule has 0 bridgehead atoms. The van der Waals surface area contributed by atoms with Gasteiger partial charge in [0.1, 0.15) is 0 Å². The zero-order valence-electron chi connectivity index (χ0n) is 12.8. The Balaban J connectivity index is 1.86. The monoisotopic (exact) mass is 305 g/mol. The molecule has 0 radical (unpaired) electrons. The van der Waals surface area contributed by atoms with E-state index in [1.807, 2.05) is 13.8 Å². The smallest absolute Gasteiger partial charge is 0.282 e. The fraction of sp³-hybridized carbons (Fsp3) is 1.00. The minimum atomic E-state index is -3.40. The second-order valence-electron chi connectivity index (χ2n) is 6.35. The molecule has 1 N–H and O–H groups in total. The van der Waals surface area contributed by atoms with Crippen molar-refractivity contribution in [2.45, 2.75) is 44.7 Å². The maximum absolute atomic E-state index is 12.6. The van der Waals surface area contributed by atoms with Crippen LogP contribution in [-0.2, 0) is 14.9 Å². The van der Waals surface area contributed by atoms with Crippen LogP contribution in [0, 0.1) is 0 Å². The molecule has 2 aliphatic rings. The van der Waals surface area contributed by atoms with E-state index in [1.54, 1.807) is 11.4 Å². The number of nitrogens with zero attached hydrogens (tertiary/aromatic N) is 2. The van der Waals surface area contributed by atoms with Gasteiger partial charge < -0.3 is 10.1 Å². The number of morpholine rings is 1. The summed E-state index contributed by atoms with van der Waals surface area (Å²) in [5.74, 6) is 0. The van der Waals surface area contributed by atoms with Gasteiger partial charge in [-0.3, -0.25) is 0 Å². The lowest BCUT2D eigenvalue weighted by Crippen LogP contribution is -2.58. The average Bonchev–Trinajstić information content (AvgIpc) is 3.17. The molecule has 1 aliphatic carbocycles. The quantitative estimate of drug-likeness (QED) is 0.692. The predicted molar refractivity (Wildman–Crippen MR) is 78.8 cm³/mol. The first kappa shape index (κ1) is 16.2. The summed E-state index contributed by atoms with van der Waals surface area (Å²) in [7, 11) is -1.73. The third-order valence-corrected chi connectivity index (χ3v) is 6.11. The van der Waals surface area contributed by atoms with E-state index in [0.717, 1.165) is 13.0 Å². The Morgan fingerprint density at radius 3 is 2.70 bits per heavy atom. The Morgan fingerprint density at radius 2 is 2.10 bits per heavy atom. The Hall–Kier alpha value is -0.210. The molecule has 0 spiro atoms. The summed E-state index contributed by atoms with van der Waals surface area (Å²) in [5.41, 5.74) is -0.475. The molecule has 0 amide bonds. The number of nitrogens with one attached hydrogen (secondary N) is 1. The van der Waals surface area contributed by atoms with Gasteiger partial charge in [-0.1, -0.05) is 0 Å². The van der Waals surface area contributed by atoms with Gasteiger partial charge in [0.15, 0.2) is 0 Å². The van der Waals surface area contributed by atoms with Crippen LogP contribution in [0.15, 0.2) is 0 Å². The molecule has 1 saturated carbocycles. The Labute approximate surface area is 122 Å². The third kappa shape index (κ3) is 3.92. The summed E-state index contributed by atoms with van der Waals surface area (Å²) in [5, 5.41) is 3.40. The fourth-order valence-corrected chi connectivity index (χ4v) is 4.13. The van der Waals surface area contributed by atoms with Gasteiger partial charge in [-0.2, -0.15) is 17.0 Å². The molecule has 7 heteroatoms. The van der Waals surface area contributed by atoms with Crippen molar-refractivity contribution in [1.82, 2.24) is 13.9 Å². The van der Waals surface area contributed by atoms with Crippen molar-refractivity contribution in [1.29, 1.82) is 0 Å². The highest BCUT2D eigenvalue weighted by Gasteiger charge is 2.40. The molecule has 0 aromatic carbocycles. The summed E-state index contributed by atoms with van der Waals surface area (Å²) in [6, 6.07) is 0.676. The minimum absolute atomic E-state index is 0.431. The first-order valence-corrected chi connectivity index (χ1v) is 8.79. The predicted octanol–water partition coefficient (Wildman–Crippen LogP) is 0.416. The summed E-state index contributed by atoms with van der Waals surface area (Å²) >= 11 is 0. The maximum atomic E-state index is 12.6. The number of ether oxygens (including phenoxy) is 1. The molecule has 118 valence electrons. The molecule has 6 nitrogen and oxygen atoms in total. The van der Waals surface area contributed by atoms with Crippen molar-refractivity contribution in [2.24, 2.45) is 0 Å². The van der Waals surface area contributed by atoms with E-state index in [-0.39, 0.29) is 0 Å². The van der Waals surface area contributed by atoms with Crippen LogP contribution >= 0.6 is 0 Å². The Morgan fingerprint density at radius 1 is 1.40 bits per heavy atom. The molecule has 1 saturated heterocycles. The Bertz CT molecular complexity index is 421. The van der Waals surface area contributed by atoms with E-state index in [2.05, 4.69) is 5.32 Å². The van der Waals surface area contributed by atoms with Crippen molar-refractivity contribution in [2.75, 3.05) is 39.9 Å². The van der Waals surface area contributed by atoms with Gasteiger partial charge >= 0.3 is 0 Å². The lowest BCUT2D eigenvalue weighted by atomic mass is 10.1. The van der Waals surface area contributed by atoms with Crippen molar-refractivity contribution in [3.05, 3.63) is 0 Å². The highest BCUT2D eigenvalue weighted by Crippen LogP contribution is 2.24. The second kappa shape index (κ2) is 6.27. The van der Waals surface area contributed by atoms with Gasteiger partial charge in [-0.25, -0.2) is 0 Å². The summed E-state index contributed by atoms with van der Waals surface area (Å²) in [6.45, 7) is 6.61. The lowest BCUT2D eigenvalue weighted by Gasteiger charge is -2.42. The van der Waals surface area contributed by atoms with Gasteiger partial charge in [-0.05, 0) is 39.7 Å². The maximum Gasteiger partial charge on any atom is 0.282 e. The highest BCUT2D eigenvalue weighted by molar-refractivity contribution is 7.86.